The lowest BCUT2D eigenvalue weighted by atomic mass is 10.1. The molecule has 0 saturated heterocycles. The molecule has 1 aromatic heterocycles. The molecule has 0 radical (unpaired) electrons. The van der Waals surface area contributed by atoms with Gasteiger partial charge in [0.1, 0.15) is 0 Å². The van der Waals surface area contributed by atoms with Gasteiger partial charge in [-0.25, -0.2) is 4.79 Å². The number of methoxy groups -OCH3 is 1. The molecule has 30 heavy (non-hydrogen) atoms. The third-order valence-corrected chi connectivity index (χ3v) is 4.71. The lowest BCUT2D eigenvalue weighted by Crippen LogP contribution is -2.17. The number of anilines is 1. The highest BCUT2D eigenvalue weighted by Crippen LogP contribution is 2.23. The summed E-state index contributed by atoms with van der Waals surface area (Å²) in [5.41, 5.74) is 2.42. The number of hydrogen-bond acceptors (Lipinski definition) is 7. The fourth-order valence-corrected chi connectivity index (χ4v) is 3.19. The molecule has 0 aliphatic heterocycles. The molecule has 9 heteroatoms. The van der Waals surface area contributed by atoms with Crippen LogP contribution in [0.1, 0.15) is 45.4 Å². The van der Waals surface area contributed by atoms with Crippen molar-refractivity contribution in [3.63, 3.8) is 0 Å². The summed E-state index contributed by atoms with van der Waals surface area (Å²) < 4.78 is 12.2. The number of esters is 1. The second-order valence-corrected chi connectivity index (χ2v) is 6.84. The van der Waals surface area contributed by atoms with E-state index >= 15 is 0 Å². The van der Waals surface area contributed by atoms with Crippen LogP contribution in [0.5, 0.6) is 0 Å². The molecule has 0 aliphatic carbocycles. The number of nitro benzene ring substituents is 1. The maximum Gasteiger partial charge on any atom is 0.340 e. The van der Waals surface area contributed by atoms with E-state index in [9.17, 15) is 19.7 Å². The minimum atomic E-state index is -0.811. The number of carbonyl (C=O) groups excluding carboxylic acids is 2. The Morgan fingerprint density at radius 3 is 2.57 bits per heavy atom. The quantitative estimate of drug-likeness (QED) is 0.196. The zero-order valence-corrected chi connectivity index (χ0v) is 17.7. The topological polar surface area (TPSA) is 113 Å². The summed E-state index contributed by atoms with van der Waals surface area (Å²) in [4.78, 5) is 35.7. The van der Waals surface area contributed by atoms with Gasteiger partial charge in [0.15, 0.2) is 6.61 Å². The summed E-state index contributed by atoms with van der Waals surface area (Å²) in [7, 11) is 1.54. The highest BCUT2D eigenvalue weighted by Gasteiger charge is 2.21. The standard InChI is InChI=1S/C21H27N3O6/c1-5-9-23-14(2)11-17(15(23)3)20(25)13-30-21(26)18-12-16(24(27)28)6-7-19(18)22-8-10-29-4/h6-7,11-12,22H,5,8-10,13H2,1-4H3. The zero-order chi connectivity index (χ0) is 22.3. The first-order chi connectivity index (χ1) is 14.3. The summed E-state index contributed by atoms with van der Waals surface area (Å²) in [6.07, 6.45) is 0.935. The van der Waals surface area contributed by atoms with E-state index in [0.717, 1.165) is 30.4 Å². The van der Waals surface area contributed by atoms with Crippen LogP contribution in [0, 0.1) is 24.0 Å². The normalized spacial score (nSPS) is 10.7. The average molecular weight is 417 g/mol. The molecule has 0 aliphatic rings. The first-order valence-corrected chi connectivity index (χ1v) is 9.68. The molecule has 0 spiro atoms. The Bertz CT molecular complexity index is 935. The van der Waals surface area contributed by atoms with Crippen molar-refractivity contribution in [2.24, 2.45) is 0 Å². The van der Waals surface area contributed by atoms with Crippen molar-refractivity contribution in [3.05, 3.63) is 56.9 Å². The fraction of sp³-hybridized carbons (Fsp3) is 0.429. The number of ketones is 1. The largest absolute Gasteiger partial charge is 0.454 e. The molecule has 1 heterocycles. The SMILES string of the molecule is CCCn1c(C)cc(C(=O)COC(=O)c2cc([N+](=O)[O-])ccc2NCCOC)c1C. The monoisotopic (exact) mass is 417 g/mol. The first kappa shape index (κ1) is 23.1. The van der Waals surface area contributed by atoms with Gasteiger partial charge in [0.2, 0.25) is 5.78 Å². The van der Waals surface area contributed by atoms with Gasteiger partial charge in [-0.2, -0.15) is 0 Å². The van der Waals surface area contributed by atoms with Crippen LogP contribution in [-0.4, -0.2) is 48.1 Å². The molecule has 0 bridgehead atoms. The minimum absolute atomic E-state index is 0.00967. The summed E-state index contributed by atoms with van der Waals surface area (Å²) in [6, 6.07) is 5.64. The van der Waals surface area contributed by atoms with Crippen LogP contribution in [0.3, 0.4) is 0 Å². The molecule has 0 saturated carbocycles. The maximum absolute atomic E-state index is 12.6. The minimum Gasteiger partial charge on any atom is -0.454 e. The molecule has 2 aromatic rings. The van der Waals surface area contributed by atoms with Crippen LogP contribution in [0.15, 0.2) is 24.3 Å². The van der Waals surface area contributed by atoms with E-state index in [0.29, 0.717) is 24.4 Å². The van der Waals surface area contributed by atoms with Crippen LogP contribution in [0.25, 0.3) is 0 Å². The number of aryl methyl sites for hydroxylation is 1. The van der Waals surface area contributed by atoms with E-state index in [1.807, 2.05) is 18.4 Å². The lowest BCUT2D eigenvalue weighted by Gasteiger charge is -2.11. The molecule has 0 atom stereocenters. The van der Waals surface area contributed by atoms with Crippen molar-refractivity contribution in [2.75, 3.05) is 32.2 Å². The Kier molecular flexibility index (Phi) is 8.11. The van der Waals surface area contributed by atoms with Crippen LogP contribution in [0.2, 0.25) is 0 Å². The lowest BCUT2D eigenvalue weighted by molar-refractivity contribution is -0.384. The van der Waals surface area contributed by atoms with Gasteiger partial charge < -0.3 is 19.4 Å². The van der Waals surface area contributed by atoms with Crippen molar-refractivity contribution < 1.29 is 24.0 Å². The highest BCUT2D eigenvalue weighted by molar-refractivity contribution is 6.02. The summed E-state index contributed by atoms with van der Waals surface area (Å²) >= 11 is 0. The van der Waals surface area contributed by atoms with Gasteiger partial charge in [-0.3, -0.25) is 14.9 Å². The van der Waals surface area contributed by atoms with Crippen LogP contribution < -0.4 is 5.32 Å². The molecular formula is C21H27N3O6. The van der Waals surface area contributed by atoms with Gasteiger partial charge in [0, 0.05) is 55.0 Å². The van der Waals surface area contributed by atoms with E-state index in [-0.39, 0.29) is 17.0 Å². The van der Waals surface area contributed by atoms with Crippen molar-refractivity contribution in [1.29, 1.82) is 0 Å². The molecular weight excluding hydrogens is 390 g/mol. The van der Waals surface area contributed by atoms with E-state index < -0.39 is 17.5 Å². The molecule has 162 valence electrons. The molecule has 2 rings (SSSR count). The number of hydrogen-bond donors (Lipinski definition) is 1. The average Bonchev–Trinajstić information content (AvgIpc) is 3.00. The Hall–Kier alpha value is -3.20. The molecule has 0 fully saturated rings. The predicted molar refractivity (Wildman–Crippen MR) is 112 cm³/mol. The van der Waals surface area contributed by atoms with Crippen molar-refractivity contribution >= 4 is 23.1 Å². The fourth-order valence-electron chi connectivity index (χ4n) is 3.19. The van der Waals surface area contributed by atoms with Gasteiger partial charge in [-0.1, -0.05) is 6.92 Å². The Labute approximate surface area is 175 Å². The second-order valence-electron chi connectivity index (χ2n) is 6.84. The second kappa shape index (κ2) is 10.5. The predicted octanol–water partition coefficient (Wildman–Crippen LogP) is 3.52. The van der Waals surface area contributed by atoms with E-state index in [1.165, 1.54) is 19.2 Å². The Balaban J connectivity index is 2.16. The summed E-state index contributed by atoms with van der Waals surface area (Å²) in [6.45, 7) is 6.97. The van der Waals surface area contributed by atoms with Crippen LogP contribution in [-0.2, 0) is 16.0 Å². The number of nitrogens with one attached hydrogen (secondary N) is 1. The van der Waals surface area contributed by atoms with Gasteiger partial charge in [0.25, 0.3) is 5.69 Å². The number of rotatable bonds is 11. The molecule has 1 aromatic carbocycles. The Morgan fingerprint density at radius 1 is 1.20 bits per heavy atom. The van der Waals surface area contributed by atoms with Crippen LogP contribution in [0.4, 0.5) is 11.4 Å². The van der Waals surface area contributed by atoms with Gasteiger partial charge in [-0.15, -0.1) is 0 Å². The number of nitrogens with zero attached hydrogens (tertiary/aromatic N) is 2. The number of carbonyl (C=O) groups is 2. The van der Waals surface area contributed by atoms with Crippen molar-refractivity contribution in [1.82, 2.24) is 4.57 Å². The molecule has 9 nitrogen and oxygen atoms in total. The number of benzene rings is 1. The third kappa shape index (κ3) is 5.44. The highest BCUT2D eigenvalue weighted by atomic mass is 16.6. The van der Waals surface area contributed by atoms with Crippen molar-refractivity contribution in [3.8, 4) is 0 Å². The van der Waals surface area contributed by atoms with Gasteiger partial charge in [-0.05, 0) is 32.4 Å². The van der Waals surface area contributed by atoms with E-state index in [2.05, 4.69) is 12.2 Å². The summed E-state index contributed by atoms with van der Waals surface area (Å²) in [5.74, 6) is -1.13. The molecule has 1 N–H and O–H groups in total. The van der Waals surface area contributed by atoms with Gasteiger partial charge in [0.05, 0.1) is 17.1 Å². The van der Waals surface area contributed by atoms with E-state index in [4.69, 9.17) is 9.47 Å². The molecule has 0 unspecified atom stereocenters. The summed E-state index contributed by atoms with van der Waals surface area (Å²) in [5, 5.41) is 14.1. The smallest absolute Gasteiger partial charge is 0.340 e. The Morgan fingerprint density at radius 2 is 1.93 bits per heavy atom. The first-order valence-electron chi connectivity index (χ1n) is 9.68. The number of non-ortho nitro benzene ring substituents is 1. The number of aromatic nitrogens is 1. The zero-order valence-electron chi connectivity index (χ0n) is 17.7. The number of Topliss-reactive ketones (excluding diaryl/α,β-unsaturated/α-hetero) is 1. The maximum atomic E-state index is 12.6. The number of nitro groups is 1. The van der Waals surface area contributed by atoms with Gasteiger partial charge >= 0.3 is 5.97 Å². The third-order valence-electron chi connectivity index (χ3n) is 4.71. The van der Waals surface area contributed by atoms with E-state index in [1.54, 1.807) is 6.07 Å². The van der Waals surface area contributed by atoms with Crippen molar-refractivity contribution in [2.45, 2.75) is 33.7 Å². The number of ether oxygens (including phenoxy) is 2. The van der Waals surface area contributed by atoms with Crippen LogP contribution >= 0.6 is 0 Å². The molecule has 0 amide bonds.